The van der Waals surface area contributed by atoms with E-state index in [9.17, 15) is 4.79 Å². The summed E-state index contributed by atoms with van der Waals surface area (Å²) in [6, 6.07) is 31.8. The van der Waals surface area contributed by atoms with Crippen LogP contribution in [0, 0.1) is 0 Å². The highest BCUT2D eigenvalue weighted by molar-refractivity contribution is 7.09. The molecule has 1 aliphatic heterocycles. The van der Waals surface area contributed by atoms with Crippen molar-refractivity contribution < 1.29 is 9.53 Å². The van der Waals surface area contributed by atoms with Crippen molar-refractivity contribution in [3.8, 4) is 0 Å². The van der Waals surface area contributed by atoms with E-state index in [-0.39, 0.29) is 12.0 Å². The fraction of sp³-hybridized carbons (Fsp3) is 0.240. The summed E-state index contributed by atoms with van der Waals surface area (Å²) in [6.45, 7) is 0.528. The Bertz CT molecular complexity index is 834. The molecule has 1 unspecified atom stereocenters. The highest BCUT2D eigenvalue weighted by atomic mass is 28.3. The zero-order valence-electron chi connectivity index (χ0n) is 16.8. The van der Waals surface area contributed by atoms with Crippen LogP contribution in [0.2, 0.25) is 0 Å². The monoisotopic (exact) mass is 401 g/mol. The Morgan fingerprint density at radius 2 is 1.21 bits per heavy atom. The average Bonchev–Trinajstić information content (AvgIpc) is 3.01. The topological polar surface area (TPSA) is 29.5 Å². The van der Waals surface area contributed by atoms with Crippen LogP contribution < -0.4 is 15.6 Å². The fourth-order valence-corrected chi connectivity index (χ4v) is 9.51. The number of esters is 1. The quantitative estimate of drug-likeness (QED) is 0.374. The molecule has 0 amide bonds. The molecule has 4 rings (SSSR count). The van der Waals surface area contributed by atoms with E-state index in [1.807, 2.05) is 0 Å². The number of likely N-dealkylation sites (N-methyl/N-ethyl adjacent to an activating group) is 1. The Morgan fingerprint density at radius 1 is 0.759 bits per heavy atom. The Morgan fingerprint density at radius 3 is 1.66 bits per heavy atom. The van der Waals surface area contributed by atoms with Gasteiger partial charge in [-0.1, -0.05) is 91.0 Å². The Hall–Kier alpha value is -2.69. The van der Waals surface area contributed by atoms with E-state index in [0.29, 0.717) is 6.61 Å². The van der Waals surface area contributed by atoms with Gasteiger partial charge >= 0.3 is 5.97 Å². The van der Waals surface area contributed by atoms with Crippen molar-refractivity contribution in [3.63, 3.8) is 0 Å². The Labute approximate surface area is 174 Å². The first-order valence-electron chi connectivity index (χ1n) is 10.3. The zero-order chi connectivity index (χ0) is 20.1. The predicted molar refractivity (Wildman–Crippen MR) is 120 cm³/mol. The molecule has 0 saturated carbocycles. The summed E-state index contributed by atoms with van der Waals surface area (Å²) in [5.41, 5.74) is 0. The van der Waals surface area contributed by atoms with Crippen molar-refractivity contribution >= 4 is 29.8 Å². The Balaban J connectivity index is 1.98. The highest BCUT2D eigenvalue weighted by Crippen LogP contribution is 2.21. The molecular formula is C25H27NO2Si. The molecule has 3 nitrogen and oxygen atoms in total. The molecule has 4 heteroatoms. The van der Waals surface area contributed by atoms with E-state index in [1.165, 1.54) is 15.6 Å². The van der Waals surface area contributed by atoms with E-state index >= 15 is 0 Å². The smallest absolute Gasteiger partial charge is 0.322 e. The second-order valence-corrected chi connectivity index (χ2v) is 11.5. The number of ether oxygens (including phenoxy) is 1. The van der Waals surface area contributed by atoms with Gasteiger partial charge in [0.2, 0.25) is 8.24 Å². The van der Waals surface area contributed by atoms with Crippen LogP contribution >= 0.6 is 0 Å². The van der Waals surface area contributed by atoms with Crippen molar-refractivity contribution in [2.24, 2.45) is 0 Å². The summed E-state index contributed by atoms with van der Waals surface area (Å²) in [7, 11) is -0.525. The van der Waals surface area contributed by atoms with Crippen LogP contribution in [-0.4, -0.2) is 38.5 Å². The van der Waals surface area contributed by atoms with Gasteiger partial charge in [0.05, 0.1) is 6.61 Å². The maximum absolute atomic E-state index is 13.0. The maximum Gasteiger partial charge on any atom is 0.322 e. The highest BCUT2D eigenvalue weighted by Gasteiger charge is 2.48. The van der Waals surface area contributed by atoms with Crippen LogP contribution in [0.15, 0.2) is 91.0 Å². The van der Waals surface area contributed by atoms with Crippen LogP contribution in [0.1, 0.15) is 19.3 Å². The maximum atomic E-state index is 13.0. The van der Waals surface area contributed by atoms with Gasteiger partial charge in [0, 0.05) is 0 Å². The normalized spacial score (nSPS) is 17.6. The van der Waals surface area contributed by atoms with Crippen molar-refractivity contribution in [1.82, 2.24) is 4.57 Å². The lowest BCUT2D eigenvalue weighted by Crippen LogP contribution is -2.78. The van der Waals surface area contributed by atoms with Crippen LogP contribution in [0.3, 0.4) is 0 Å². The van der Waals surface area contributed by atoms with Crippen LogP contribution in [0.4, 0.5) is 0 Å². The summed E-state index contributed by atoms with van der Waals surface area (Å²) in [4.78, 5) is 13.0. The number of carbonyl (C=O) groups is 1. The minimum Gasteiger partial charge on any atom is -0.465 e. The second kappa shape index (κ2) is 8.76. The zero-order valence-corrected chi connectivity index (χ0v) is 17.8. The lowest BCUT2D eigenvalue weighted by atomic mass is 10.1. The number of hydrogen-bond acceptors (Lipinski definition) is 3. The van der Waals surface area contributed by atoms with Gasteiger partial charge in [0.1, 0.15) is 6.04 Å². The van der Waals surface area contributed by atoms with Gasteiger partial charge in [-0.05, 0) is 41.9 Å². The van der Waals surface area contributed by atoms with Gasteiger partial charge < -0.3 is 9.30 Å². The lowest BCUT2D eigenvalue weighted by Gasteiger charge is -2.44. The molecule has 148 valence electrons. The summed E-state index contributed by atoms with van der Waals surface area (Å²) < 4.78 is 7.94. The number of rotatable bonds is 5. The molecule has 3 aromatic carbocycles. The van der Waals surface area contributed by atoms with E-state index < -0.39 is 8.24 Å². The molecule has 29 heavy (non-hydrogen) atoms. The molecular weight excluding hydrogens is 374 g/mol. The van der Waals surface area contributed by atoms with Gasteiger partial charge in [0.15, 0.2) is 0 Å². The van der Waals surface area contributed by atoms with E-state index in [4.69, 9.17) is 4.74 Å². The first-order chi connectivity index (χ1) is 14.2. The summed E-state index contributed by atoms with van der Waals surface area (Å²) in [5.74, 6) is -0.0929. The molecule has 1 saturated heterocycles. The summed E-state index contributed by atoms with van der Waals surface area (Å²) in [6.07, 6.45) is 2.77. The van der Waals surface area contributed by atoms with Gasteiger partial charge in [-0.3, -0.25) is 4.79 Å². The van der Waals surface area contributed by atoms with E-state index in [2.05, 4.69) is 103 Å². The number of nitrogens with zero attached hydrogens (tertiary/aromatic N) is 1. The molecule has 1 heterocycles. The van der Waals surface area contributed by atoms with Crippen molar-refractivity contribution in [2.75, 3.05) is 13.7 Å². The Kier molecular flexibility index (Phi) is 5.93. The SMILES string of the molecule is CN(C1CCCCOC1=O)[Si](c1ccccc1)(c1ccccc1)c1ccccc1. The third-order valence-electron chi connectivity index (χ3n) is 5.96. The summed E-state index contributed by atoms with van der Waals surface area (Å²) in [5, 5.41) is 3.82. The molecule has 1 fully saturated rings. The molecule has 0 radical (unpaired) electrons. The first-order valence-corrected chi connectivity index (χ1v) is 12.3. The van der Waals surface area contributed by atoms with Crippen molar-refractivity contribution in [2.45, 2.75) is 25.3 Å². The lowest BCUT2D eigenvalue weighted by molar-refractivity contribution is -0.146. The number of benzene rings is 3. The van der Waals surface area contributed by atoms with Crippen LogP contribution in [0.5, 0.6) is 0 Å². The molecule has 0 aromatic heterocycles. The molecule has 0 aliphatic carbocycles. The van der Waals surface area contributed by atoms with Crippen molar-refractivity contribution in [3.05, 3.63) is 91.0 Å². The molecule has 1 atom stereocenters. The number of hydrogen-bond donors (Lipinski definition) is 0. The largest absolute Gasteiger partial charge is 0.465 e. The van der Waals surface area contributed by atoms with Crippen LogP contribution in [0.25, 0.3) is 0 Å². The molecule has 1 aliphatic rings. The van der Waals surface area contributed by atoms with Crippen LogP contribution in [-0.2, 0) is 9.53 Å². The van der Waals surface area contributed by atoms with Crippen molar-refractivity contribution in [1.29, 1.82) is 0 Å². The van der Waals surface area contributed by atoms with E-state index in [1.54, 1.807) is 0 Å². The van der Waals surface area contributed by atoms with Gasteiger partial charge in [0.25, 0.3) is 0 Å². The average molecular weight is 402 g/mol. The molecule has 0 spiro atoms. The van der Waals surface area contributed by atoms with Gasteiger partial charge in [-0.15, -0.1) is 0 Å². The minimum atomic E-state index is -2.65. The van der Waals surface area contributed by atoms with E-state index in [0.717, 1.165) is 19.3 Å². The minimum absolute atomic E-state index is 0.0929. The third kappa shape index (κ3) is 3.66. The predicted octanol–water partition coefficient (Wildman–Crippen LogP) is 2.68. The summed E-state index contributed by atoms with van der Waals surface area (Å²) >= 11 is 0. The number of carbonyl (C=O) groups excluding carboxylic acids is 1. The third-order valence-corrected chi connectivity index (χ3v) is 10.8. The molecule has 3 aromatic rings. The van der Waals surface area contributed by atoms with Gasteiger partial charge in [-0.25, -0.2) is 0 Å². The molecule has 0 N–H and O–H groups in total. The van der Waals surface area contributed by atoms with Gasteiger partial charge in [-0.2, -0.15) is 0 Å². The number of cyclic esters (lactones) is 1. The standard InChI is InChI=1S/C25H27NO2Si/c1-26(24-19-11-12-20-28-25(24)27)29(21-13-5-2-6-14-21,22-15-7-3-8-16-22)23-17-9-4-10-18-23/h2-10,13-18,24H,11-12,19-20H2,1H3. The molecule has 0 bridgehead atoms. The fourth-order valence-electron chi connectivity index (χ4n) is 4.56. The second-order valence-electron chi connectivity index (χ2n) is 7.60. The first kappa shape index (κ1) is 19.6.